The molecule has 0 unspecified atom stereocenters. The van der Waals surface area contributed by atoms with Crippen molar-refractivity contribution in [2.75, 3.05) is 13.7 Å². The zero-order valence-corrected chi connectivity index (χ0v) is 18.6. The Bertz CT molecular complexity index is 959. The van der Waals surface area contributed by atoms with Crippen LogP contribution in [-0.2, 0) is 20.5 Å². The molecule has 1 fully saturated rings. The maximum Gasteiger partial charge on any atom is 0.469 e. The molecule has 0 spiro atoms. The van der Waals surface area contributed by atoms with Gasteiger partial charge in [0.25, 0.3) is 0 Å². The first-order valence-electron chi connectivity index (χ1n) is 10.1. The largest absolute Gasteiger partial charge is 0.496 e. The summed E-state index contributed by atoms with van der Waals surface area (Å²) in [5, 5.41) is 4.21. The van der Waals surface area contributed by atoms with Gasteiger partial charge < -0.3 is 25.1 Å². The number of methoxy groups -OCH3 is 1. The lowest BCUT2D eigenvalue weighted by Crippen LogP contribution is -2.41. The van der Waals surface area contributed by atoms with Gasteiger partial charge in [-0.05, 0) is 49.3 Å². The predicted octanol–water partition coefficient (Wildman–Crippen LogP) is 3.71. The predicted molar refractivity (Wildman–Crippen MR) is 118 cm³/mol. The monoisotopic (exact) mass is 448 g/mol. The molecule has 9 heteroatoms. The summed E-state index contributed by atoms with van der Waals surface area (Å²) < 4.78 is 20.9. The first-order chi connectivity index (χ1) is 14.7. The van der Waals surface area contributed by atoms with E-state index in [0.717, 1.165) is 34.6 Å². The van der Waals surface area contributed by atoms with Gasteiger partial charge in [0, 0.05) is 11.1 Å². The van der Waals surface area contributed by atoms with E-state index in [2.05, 4.69) is 9.68 Å². The van der Waals surface area contributed by atoms with Crippen molar-refractivity contribution in [3.63, 3.8) is 0 Å². The van der Waals surface area contributed by atoms with Gasteiger partial charge in [-0.1, -0.05) is 47.6 Å². The molecule has 0 heterocycles. The maximum absolute atomic E-state index is 11.0. The summed E-state index contributed by atoms with van der Waals surface area (Å²) in [6, 6.07) is 15.7. The quantitative estimate of drug-likeness (QED) is 0.303. The Hall–Kier alpha value is -2.22. The normalized spacial score (nSPS) is 21.8. The van der Waals surface area contributed by atoms with Gasteiger partial charge >= 0.3 is 7.82 Å². The molecule has 31 heavy (non-hydrogen) atoms. The lowest BCUT2D eigenvalue weighted by atomic mass is 9.93. The first-order valence-corrected chi connectivity index (χ1v) is 11.6. The second-order valence-corrected chi connectivity index (χ2v) is 9.19. The minimum atomic E-state index is -4.52. The third-order valence-electron chi connectivity index (χ3n) is 5.58. The zero-order valence-electron chi connectivity index (χ0n) is 17.7. The standard InChI is InChI=1S/C22H29N2O6P/c1-16(24-29-14-20-5-3-4-6-21(20)28-2)17-7-9-18(10-8-17)19-11-12-22(23,13-19)15-30-31(25,26)27/h3-10,19H,11-15,23H2,1-2H3,(H2,25,26,27)/b24-16+/t19-,22-/m1/s1. The van der Waals surface area contributed by atoms with E-state index < -0.39 is 13.4 Å². The molecular formula is C22H29N2O6P. The topological polar surface area (TPSA) is 124 Å². The van der Waals surface area contributed by atoms with Gasteiger partial charge in [-0.25, -0.2) is 4.57 Å². The van der Waals surface area contributed by atoms with Gasteiger partial charge in [0.05, 0.1) is 19.4 Å². The Morgan fingerprint density at radius 1 is 1.23 bits per heavy atom. The van der Waals surface area contributed by atoms with Crippen molar-refractivity contribution in [2.24, 2.45) is 10.9 Å². The van der Waals surface area contributed by atoms with Gasteiger partial charge in [0.2, 0.25) is 0 Å². The van der Waals surface area contributed by atoms with Crippen LogP contribution in [0.2, 0.25) is 0 Å². The molecule has 0 radical (unpaired) electrons. The van der Waals surface area contributed by atoms with Crippen LogP contribution in [0.1, 0.15) is 48.8 Å². The van der Waals surface area contributed by atoms with Crippen LogP contribution in [0.5, 0.6) is 5.75 Å². The highest BCUT2D eigenvalue weighted by Crippen LogP contribution is 2.43. The summed E-state index contributed by atoms with van der Waals surface area (Å²) in [5.74, 6) is 0.983. The zero-order chi connectivity index (χ0) is 22.5. The molecule has 168 valence electrons. The van der Waals surface area contributed by atoms with E-state index in [1.807, 2.05) is 55.5 Å². The van der Waals surface area contributed by atoms with E-state index in [9.17, 15) is 4.57 Å². The van der Waals surface area contributed by atoms with E-state index >= 15 is 0 Å². The Labute approximate surface area is 182 Å². The smallest absolute Gasteiger partial charge is 0.469 e. The van der Waals surface area contributed by atoms with E-state index in [1.165, 1.54) is 0 Å². The molecule has 1 aliphatic carbocycles. The molecule has 3 rings (SSSR count). The summed E-state index contributed by atoms with van der Waals surface area (Å²) in [5.41, 5.74) is 9.32. The highest BCUT2D eigenvalue weighted by atomic mass is 31.2. The van der Waals surface area contributed by atoms with Gasteiger partial charge in [0.1, 0.15) is 12.4 Å². The number of hydrogen-bond donors (Lipinski definition) is 3. The molecule has 0 amide bonds. The number of nitrogens with zero attached hydrogens (tertiary/aromatic N) is 1. The number of rotatable bonds is 9. The summed E-state index contributed by atoms with van der Waals surface area (Å²) >= 11 is 0. The molecule has 0 aromatic heterocycles. The maximum atomic E-state index is 11.0. The number of phosphoric ester groups is 1. The third kappa shape index (κ3) is 6.63. The number of phosphoric acid groups is 1. The molecule has 0 saturated heterocycles. The van der Waals surface area contributed by atoms with Gasteiger partial charge in [-0.3, -0.25) is 4.52 Å². The minimum absolute atomic E-state index is 0.152. The first kappa shape index (κ1) is 23.4. The number of nitrogens with two attached hydrogens (primary N) is 1. The fourth-order valence-electron chi connectivity index (χ4n) is 3.85. The average molecular weight is 448 g/mol. The Morgan fingerprint density at radius 3 is 2.61 bits per heavy atom. The molecule has 1 saturated carbocycles. The molecule has 1 aliphatic rings. The molecule has 2 aromatic carbocycles. The summed E-state index contributed by atoms with van der Waals surface area (Å²) in [7, 11) is -2.89. The SMILES string of the molecule is COc1ccccc1CO/N=C(\C)c1ccc([C@@H]2CC[C@](N)(COP(=O)(O)O)C2)cc1. The fourth-order valence-corrected chi connectivity index (χ4v) is 4.28. The van der Waals surface area contributed by atoms with E-state index in [4.69, 9.17) is 25.1 Å². The number of benzene rings is 2. The fraction of sp³-hybridized carbons (Fsp3) is 0.409. The van der Waals surface area contributed by atoms with Crippen molar-refractivity contribution in [1.29, 1.82) is 0 Å². The van der Waals surface area contributed by atoms with Crippen LogP contribution < -0.4 is 10.5 Å². The Balaban J connectivity index is 1.57. The second kappa shape index (κ2) is 9.94. The van der Waals surface area contributed by atoms with Crippen molar-refractivity contribution in [2.45, 2.75) is 44.2 Å². The van der Waals surface area contributed by atoms with Crippen molar-refractivity contribution < 1.29 is 28.5 Å². The number of ether oxygens (including phenoxy) is 1. The number of oxime groups is 1. The van der Waals surface area contributed by atoms with Gasteiger partial charge in [-0.15, -0.1) is 0 Å². The van der Waals surface area contributed by atoms with Crippen LogP contribution in [0.3, 0.4) is 0 Å². The second-order valence-electron chi connectivity index (χ2n) is 7.95. The Morgan fingerprint density at radius 2 is 1.94 bits per heavy atom. The lowest BCUT2D eigenvalue weighted by molar-refractivity contribution is 0.128. The van der Waals surface area contributed by atoms with Crippen molar-refractivity contribution in [1.82, 2.24) is 0 Å². The van der Waals surface area contributed by atoms with Crippen LogP contribution in [0.15, 0.2) is 53.7 Å². The van der Waals surface area contributed by atoms with Crippen LogP contribution in [0, 0.1) is 0 Å². The highest BCUT2D eigenvalue weighted by molar-refractivity contribution is 7.46. The molecule has 0 aliphatic heterocycles. The molecular weight excluding hydrogens is 419 g/mol. The van der Waals surface area contributed by atoms with E-state index in [0.29, 0.717) is 19.4 Å². The molecule has 0 bridgehead atoms. The number of hydrogen-bond acceptors (Lipinski definition) is 6. The Kier molecular flexibility index (Phi) is 7.51. The molecule has 2 atom stereocenters. The van der Waals surface area contributed by atoms with Gasteiger partial charge in [-0.2, -0.15) is 0 Å². The minimum Gasteiger partial charge on any atom is -0.496 e. The van der Waals surface area contributed by atoms with Crippen molar-refractivity contribution in [3.05, 3.63) is 65.2 Å². The molecule has 8 nitrogen and oxygen atoms in total. The highest BCUT2D eigenvalue weighted by Gasteiger charge is 2.38. The summed E-state index contributed by atoms with van der Waals surface area (Å²) in [6.07, 6.45) is 2.10. The van der Waals surface area contributed by atoms with Crippen molar-refractivity contribution >= 4 is 13.5 Å². The third-order valence-corrected chi connectivity index (χ3v) is 6.04. The van der Waals surface area contributed by atoms with E-state index in [1.54, 1.807) is 7.11 Å². The summed E-state index contributed by atoms with van der Waals surface area (Å²) in [4.78, 5) is 23.3. The van der Waals surface area contributed by atoms with Crippen LogP contribution in [0.4, 0.5) is 0 Å². The summed E-state index contributed by atoms with van der Waals surface area (Å²) in [6.45, 7) is 2.05. The van der Waals surface area contributed by atoms with Crippen molar-refractivity contribution in [3.8, 4) is 5.75 Å². The average Bonchev–Trinajstić information content (AvgIpc) is 3.15. The van der Waals surface area contributed by atoms with Crippen LogP contribution in [-0.4, -0.2) is 34.8 Å². The van der Waals surface area contributed by atoms with Crippen LogP contribution in [0.25, 0.3) is 0 Å². The lowest BCUT2D eigenvalue weighted by Gasteiger charge is -2.24. The van der Waals surface area contributed by atoms with Gasteiger partial charge in [0.15, 0.2) is 0 Å². The number of para-hydroxylation sites is 1. The molecule has 2 aromatic rings. The van der Waals surface area contributed by atoms with Crippen LogP contribution >= 0.6 is 7.82 Å². The molecule has 4 N–H and O–H groups in total. The van der Waals surface area contributed by atoms with E-state index in [-0.39, 0.29) is 12.5 Å².